The highest BCUT2D eigenvalue weighted by atomic mass is 32.1. The van der Waals surface area contributed by atoms with Crippen molar-refractivity contribution in [3.63, 3.8) is 0 Å². The Kier molecular flexibility index (Phi) is 5.00. The van der Waals surface area contributed by atoms with E-state index in [1.54, 1.807) is 18.4 Å². The van der Waals surface area contributed by atoms with Gasteiger partial charge in [0.15, 0.2) is 0 Å². The molecule has 4 rings (SSSR count). The number of benzene rings is 1. The smallest absolute Gasteiger partial charge is 0.337 e. The van der Waals surface area contributed by atoms with Crippen molar-refractivity contribution < 1.29 is 14.6 Å². The van der Waals surface area contributed by atoms with Gasteiger partial charge in [0, 0.05) is 36.3 Å². The maximum Gasteiger partial charge on any atom is 0.337 e. The monoisotopic (exact) mass is 399 g/mol. The molecule has 2 aromatic rings. The molecule has 1 aromatic heterocycles. The first-order valence-corrected chi connectivity index (χ1v) is 10.9. The molecule has 1 heterocycles. The maximum atomic E-state index is 12.3. The van der Waals surface area contributed by atoms with Crippen molar-refractivity contribution in [1.29, 1.82) is 0 Å². The molecular weight excluding hydrogens is 370 g/mol. The van der Waals surface area contributed by atoms with E-state index in [-0.39, 0.29) is 5.41 Å². The Morgan fingerprint density at radius 1 is 1.29 bits per heavy atom. The molecule has 0 amide bonds. The lowest BCUT2D eigenvalue weighted by Gasteiger charge is -2.42. The van der Waals surface area contributed by atoms with Crippen LogP contribution in [0.5, 0.6) is 0 Å². The van der Waals surface area contributed by atoms with E-state index in [1.165, 1.54) is 4.88 Å². The topological polar surface area (TPSA) is 49.8 Å². The van der Waals surface area contributed by atoms with Crippen molar-refractivity contribution in [2.45, 2.75) is 58.1 Å². The number of thiophene rings is 1. The third-order valence-corrected chi connectivity index (χ3v) is 7.79. The van der Waals surface area contributed by atoms with E-state index in [0.29, 0.717) is 17.7 Å². The average molecular weight is 400 g/mol. The zero-order valence-corrected chi connectivity index (χ0v) is 17.9. The molecule has 2 aliphatic carbocycles. The fraction of sp³-hybridized carbons (Fsp3) is 0.522. The summed E-state index contributed by atoms with van der Waals surface area (Å²) < 4.78 is 5.44. The van der Waals surface area contributed by atoms with Gasteiger partial charge in [-0.2, -0.15) is 0 Å². The number of aryl methyl sites for hydroxylation is 1. The van der Waals surface area contributed by atoms with Crippen LogP contribution in [0.3, 0.4) is 0 Å². The number of carboxylic acid groups (broad SMARTS) is 1. The second-order valence-electron chi connectivity index (χ2n) is 8.97. The number of hydrogen-bond donors (Lipinski definition) is 1. The predicted molar refractivity (Wildman–Crippen MR) is 115 cm³/mol. The summed E-state index contributed by atoms with van der Waals surface area (Å²) in [6.45, 7) is 4.48. The molecule has 0 saturated heterocycles. The van der Waals surface area contributed by atoms with E-state index in [0.717, 1.165) is 53.8 Å². The third-order valence-electron chi connectivity index (χ3n) is 6.47. The zero-order chi connectivity index (χ0) is 20.1. The van der Waals surface area contributed by atoms with Crippen LogP contribution >= 0.6 is 11.3 Å². The van der Waals surface area contributed by atoms with Gasteiger partial charge < -0.3 is 14.7 Å². The van der Waals surface area contributed by atoms with Crippen LogP contribution in [0.25, 0.3) is 10.4 Å². The van der Waals surface area contributed by atoms with Crippen LogP contribution in [0.4, 0.5) is 5.69 Å². The van der Waals surface area contributed by atoms with E-state index in [9.17, 15) is 9.90 Å². The summed E-state index contributed by atoms with van der Waals surface area (Å²) in [5, 5.41) is 10.1. The van der Waals surface area contributed by atoms with E-state index in [4.69, 9.17) is 4.74 Å². The van der Waals surface area contributed by atoms with E-state index in [1.807, 2.05) is 12.1 Å². The quantitative estimate of drug-likeness (QED) is 0.747. The second kappa shape index (κ2) is 7.20. The SMILES string of the molecule is CO[C@H]1C[C@H](N(C)c2ccccc2-c2sc3c(c2C(=O)O)CC(C)(C)CC3)C1. The Morgan fingerprint density at radius 2 is 2.00 bits per heavy atom. The standard InChI is InChI=1S/C23H29NO3S/c1-23(2)10-9-19-17(13-23)20(22(25)26)21(28-19)16-7-5-6-8-18(16)24(3)14-11-15(12-14)27-4/h5-8,14-15H,9-13H2,1-4H3,(H,25,26)/t14-,15-. The number of methoxy groups -OCH3 is 1. The summed E-state index contributed by atoms with van der Waals surface area (Å²) >= 11 is 1.69. The first kappa shape index (κ1) is 19.5. The minimum Gasteiger partial charge on any atom is -0.478 e. The van der Waals surface area contributed by atoms with Crippen LogP contribution in [0.2, 0.25) is 0 Å². The molecule has 0 unspecified atom stereocenters. The summed E-state index contributed by atoms with van der Waals surface area (Å²) in [6.07, 6.45) is 5.30. The molecule has 0 spiro atoms. The number of ether oxygens (including phenoxy) is 1. The number of fused-ring (bicyclic) bond motifs is 1. The molecule has 4 nitrogen and oxygen atoms in total. The summed E-state index contributed by atoms with van der Waals surface area (Å²) in [5.41, 5.74) is 3.90. The lowest BCUT2D eigenvalue weighted by molar-refractivity contribution is 0.0266. The van der Waals surface area contributed by atoms with Crippen LogP contribution < -0.4 is 4.90 Å². The normalized spacial score (nSPS) is 23.0. The van der Waals surface area contributed by atoms with Crippen molar-refractivity contribution >= 4 is 23.0 Å². The third kappa shape index (κ3) is 3.35. The predicted octanol–water partition coefficient (Wildman–Crippen LogP) is 5.24. The highest BCUT2D eigenvalue weighted by molar-refractivity contribution is 7.16. The summed E-state index contributed by atoms with van der Waals surface area (Å²) in [5.74, 6) is -0.800. The van der Waals surface area contributed by atoms with Gasteiger partial charge in [0.2, 0.25) is 0 Å². The number of rotatable bonds is 5. The minimum atomic E-state index is -0.800. The van der Waals surface area contributed by atoms with Gasteiger partial charge in [-0.1, -0.05) is 32.0 Å². The number of carboxylic acids is 1. The number of anilines is 1. The van der Waals surface area contributed by atoms with Gasteiger partial charge in [0.1, 0.15) is 0 Å². The van der Waals surface area contributed by atoms with Crippen LogP contribution in [0, 0.1) is 5.41 Å². The summed E-state index contributed by atoms with van der Waals surface area (Å²) in [4.78, 5) is 16.8. The number of nitrogens with zero attached hydrogens (tertiary/aromatic N) is 1. The zero-order valence-electron chi connectivity index (χ0n) is 17.1. The molecule has 1 aromatic carbocycles. The first-order chi connectivity index (χ1) is 13.3. The fourth-order valence-corrected chi connectivity index (χ4v) is 5.90. The molecule has 150 valence electrons. The average Bonchev–Trinajstić information content (AvgIpc) is 2.98. The van der Waals surface area contributed by atoms with Crippen LogP contribution in [-0.4, -0.2) is 37.4 Å². The van der Waals surface area contributed by atoms with E-state index < -0.39 is 5.97 Å². The van der Waals surface area contributed by atoms with Crippen molar-refractivity contribution in [1.82, 2.24) is 0 Å². The molecule has 5 heteroatoms. The second-order valence-corrected chi connectivity index (χ2v) is 10.1. The molecule has 2 aliphatic rings. The Bertz CT molecular complexity index is 895. The van der Waals surface area contributed by atoms with Crippen molar-refractivity contribution in [3.8, 4) is 10.4 Å². The highest BCUT2D eigenvalue weighted by Crippen LogP contribution is 2.47. The maximum absolute atomic E-state index is 12.3. The molecule has 1 saturated carbocycles. The molecule has 28 heavy (non-hydrogen) atoms. The molecular formula is C23H29NO3S. The van der Waals surface area contributed by atoms with Crippen LogP contribution in [0.1, 0.15) is 53.9 Å². The number of para-hydroxylation sites is 1. The molecule has 0 radical (unpaired) electrons. The number of hydrogen-bond acceptors (Lipinski definition) is 4. The van der Waals surface area contributed by atoms with Crippen molar-refractivity contribution in [3.05, 3.63) is 40.3 Å². The molecule has 1 N–H and O–H groups in total. The molecule has 1 fully saturated rings. The van der Waals surface area contributed by atoms with Gasteiger partial charge in [0.05, 0.1) is 16.5 Å². The highest BCUT2D eigenvalue weighted by Gasteiger charge is 2.36. The van der Waals surface area contributed by atoms with E-state index >= 15 is 0 Å². The van der Waals surface area contributed by atoms with Crippen molar-refractivity contribution in [2.24, 2.45) is 5.41 Å². The number of aromatic carboxylic acids is 1. The van der Waals surface area contributed by atoms with Gasteiger partial charge in [-0.05, 0) is 49.1 Å². The fourth-order valence-electron chi connectivity index (χ4n) is 4.55. The summed E-state index contributed by atoms with van der Waals surface area (Å²) in [6, 6.07) is 8.68. The van der Waals surface area contributed by atoms with Gasteiger partial charge in [-0.25, -0.2) is 4.79 Å². The minimum absolute atomic E-state index is 0.160. The Labute approximate surface area is 171 Å². The molecule has 0 bridgehead atoms. The van der Waals surface area contributed by atoms with Crippen LogP contribution in [-0.2, 0) is 17.6 Å². The first-order valence-electron chi connectivity index (χ1n) is 10.0. The lowest BCUT2D eigenvalue weighted by Crippen LogP contribution is -2.46. The molecule has 0 atom stereocenters. The Balaban J connectivity index is 1.77. The van der Waals surface area contributed by atoms with E-state index in [2.05, 4.69) is 37.9 Å². The van der Waals surface area contributed by atoms with Gasteiger partial charge in [0.25, 0.3) is 0 Å². The van der Waals surface area contributed by atoms with Gasteiger partial charge >= 0.3 is 5.97 Å². The van der Waals surface area contributed by atoms with Crippen molar-refractivity contribution in [2.75, 3.05) is 19.1 Å². The Hall–Kier alpha value is -1.85. The van der Waals surface area contributed by atoms with Gasteiger partial charge in [-0.3, -0.25) is 0 Å². The number of carbonyl (C=O) groups is 1. The summed E-state index contributed by atoms with van der Waals surface area (Å²) in [7, 11) is 3.89. The lowest BCUT2D eigenvalue weighted by atomic mass is 9.76. The molecule has 0 aliphatic heterocycles. The Morgan fingerprint density at radius 3 is 2.68 bits per heavy atom. The van der Waals surface area contributed by atoms with Crippen LogP contribution in [0.15, 0.2) is 24.3 Å². The largest absolute Gasteiger partial charge is 0.478 e. The van der Waals surface area contributed by atoms with Gasteiger partial charge in [-0.15, -0.1) is 11.3 Å².